The minimum Gasteiger partial charge on any atom is -0.495 e. The lowest BCUT2D eigenvalue weighted by Crippen LogP contribution is -2.26. The van der Waals surface area contributed by atoms with Crippen LogP contribution in [0.4, 0.5) is 0 Å². The zero-order valence-corrected chi connectivity index (χ0v) is 12.0. The molecule has 0 saturated carbocycles. The summed E-state index contributed by atoms with van der Waals surface area (Å²) in [5, 5.41) is 0.450. The van der Waals surface area contributed by atoms with Crippen LogP contribution < -0.4 is 4.74 Å². The zero-order chi connectivity index (χ0) is 14.4. The topological polar surface area (TPSA) is 52.6 Å². The molecule has 4 nitrogen and oxygen atoms in total. The molecule has 0 aliphatic rings. The van der Waals surface area contributed by atoms with E-state index in [0.29, 0.717) is 10.8 Å². The lowest BCUT2D eigenvalue weighted by atomic mass is 9.96. The molecule has 1 aromatic rings. The summed E-state index contributed by atoms with van der Waals surface area (Å²) >= 11 is 6.01. The molecular formula is C14H17ClO4. The maximum atomic E-state index is 11.7. The normalized spacial score (nSPS) is 11.8. The van der Waals surface area contributed by atoms with Crippen LogP contribution in [-0.2, 0) is 20.7 Å². The number of methoxy groups -OCH3 is 1. The van der Waals surface area contributed by atoms with Crippen LogP contribution in [0.5, 0.6) is 5.75 Å². The van der Waals surface area contributed by atoms with E-state index in [4.69, 9.17) is 21.1 Å². The summed E-state index contributed by atoms with van der Waals surface area (Å²) in [4.78, 5) is 23.2. The second kappa shape index (κ2) is 7.14. The predicted octanol–water partition coefficient (Wildman–Crippen LogP) is 2.66. The van der Waals surface area contributed by atoms with Crippen LogP contribution in [0.2, 0.25) is 5.02 Å². The molecule has 0 aliphatic heterocycles. The van der Waals surface area contributed by atoms with Crippen molar-refractivity contribution in [3.8, 4) is 5.75 Å². The highest BCUT2D eigenvalue weighted by Gasteiger charge is 2.25. The van der Waals surface area contributed by atoms with Crippen LogP contribution in [0.15, 0.2) is 18.2 Å². The molecular weight excluding hydrogens is 268 g/mol. The molecule has 0 N–H and O–H groups in total. The fourth-order valence-corrected chi connectivity index (χ4v) is 1.99. The smallest absolute Gasteiger partial charge is 0.316 e. The number of halogens is 1. The molecule has 104 valence electrons. The first kappa shape index (κ1) is 15.5. The molecule has 0 amide bonds. The number of hydrogen-bond acceptors (Lipinski definition) is 4. The van der Waals surface area contributed by atoms with Gasteiger partial charge in [0.2, 0.25) is 0 Å². The summed E-state index contributed by atoms with van der Waals surface area (Å²) < 4.78 is 9.94. The first-order chi connectivity index (χ1) is 8.99. The van der Waals surface area contributed by atoms with Crippen molar-refractivity contribution >= 4 is 23.4 Å². The highest BCUT2D eigenvalue weighted by molar-refractivity contribution is 6.32. The summed E-state index contributed by atoms with van der Waals surface area (Å²) in [5.74, 6) is -0.947. The lowest BCUT2D eigenvalue weighted by molar-refractivity contribution is -0.151. The molecule has 0 fully saturated rings. The molecule has 1 aromatic carbocycles. The average Bonchev–Trinajstić information content (AvgIpc) is 2.36. The second-order valence-corrected chi connectivity index (χ2v) is 4.50. The zero-order valence-electron chi connectivity index (χ0n) is 11.2. The number of carbonyl (C=O) groups excluding carboxylic acids is 2. The van der Waals surface area contributed by atoms with Gasteiger partial charge in [0, 0.05) is 0 Å². The van der Waals surface area contributed by atoms with E-state index < -0.39 is 11.9 Å². The number of rotatable bonds is 6. The van der Waals surface area contributed by atoms with Crippen LogP contribution in [0.25, 0.3) is 0 Å². The Hall–Kier alpha value is -1.55. The molecule has 0 spiro atoms. The van der Waals surface area contributed by atoms with Crippen molar-refractivity contribution in [2.45, 2.75) is 20.3 Å². The Morgan fingerprint density at radius 1 is 1.37 bits per heavy atom. The highest BCUT2D eigenvalue weighted by atomic mass is 35.5. The molecule has 0 bridgehead atoms. The Morgan fingerprint density at radius 3 is 2.53 bits per heavy atom. The van der Waals surface area contributed by atoms with Crippen molar-refractivity contribution < 1.29 is 19.1 Å². The van der Waals surface area contributed by atoms with Gasteiger partial charge in [-0.05, 0) is 38.0 Å². The molecule has 0 heterocycles. The molecule has 19 heavy (non-hydrogen) atoms. The van der Waals surface area contributed by atoms with E-state index in [1.807, 2.05) is 0 Å². The van der Waals surface area contributed by atoms with Crippen molar-refractivity contribution in [2.75, 3.05) is 13.7 Å². The Kier molecular flexibility index (Phi) is 5.83. The SMILES string of the molecule is CCOC(=O)C(Cc1ccc(OC)c(Cl)c1)C(C)=O. The van der Waals surface area contributed by atoms with Crippen molar-refractivity contribution in [1.29, 1.82) is 0 Å². The molecule has 1 unspecified atom stereocenters. The first-order valence-electron chi connectivity index (χ1n) is 5.99. The highest BCUT2D eigenvalue weighted by Crippen LogP contribution is 2.26. The number of benzene rings is 1. The number of esters is 1. The van der Waals surface area contributed by atoms with Crippen molar-refractivity contribution in [2.24, 2.45) is 5.92 Å². The summed E-state index contributed by atoms with van der Waals surface area (Å²) in [7, 11) is 1.53. The van der Waals surface area contributed by atoms with E-state index in [1.165, 1.54) is 14.0 Å². The third kappa shape index (κ3) is 4.24. The third-order valence-electron chi connectivity index (χ3n) is 2.72. The van der Waals surface area contributed by atoms with Gasteiger partial charge in [-0.1, -0.05) is 17.7 Å². The van der Waals surface area contributed by atoms with E-state index in [2.05, 4.69) is 0 Å². The number of Topliss-reactive ketones (excluding diaryl/α,β-unsaturated/α-hetero) is 1. The Morgan fingerprint density at radius 2 is 2.05 bits per heavy atom. The maximum Gasteiger partial charge on any atom is 0.316 e. The monoisotopic (exact) mass is 284 g/mol. The van der Waals surface area contributed by atoms with Gasteiger partial charge in [0.15, 0.2) is 0 Å². The fraction of sp³-hybridized carbons (Fsp3) is 0.429. The number of hydrogen-bond donors (Lipinski definition) is 0. The van der Waals surface area contributed by atoms with E-state index in [-0.39, 0.29) is 18.8 Å². The van der Waals surface area contributed by atoms with Crippen molar-refractivity contribution in [3.63, 3.8) is 0 Å². The van der Waals surface area contributed by atoms with Gasteiger partial charge in [-0.3, -0.25) is 9.59 Å². The summed E-state index contributed by atoms with van der Waals surface area (Å²) in [5.41, 5.74) is 0.791. The standard InChI is InChI=1S/C14H17ClO4/c1-4-19-14(17)11(9(2)16)7-10-5-6-13(18-3)12(15)8-10/h5-6,8,11H,4,7H2,1-3H3. The molecule has 0 radical (unpaired) electrons. The second-order valence-electron chi connectivity index (χ2n) is 4.09. The van der Waals surface area contributed by atoms with Crippen LogP contribution in [-0.4, -0.2) is 25.5 Å². The molecule has 1 atom stereocenters. The van der Waals surface area contributed by atoms with E-state index in [0.717, 1.165) is 5.56 Å². The van der Waals surface area contributed by atoms with Crippen LogP contribution in [0, 0.1) is 5.92 Å². The Balaban J connectivity index is 2.88. The van der Waals surface area contributed by atoms with E-state index >= 15 is 0 Å². The van der Waals surface area contributed by atoms with Gasteiger partial charge in [-0.15, -0.1) is 0 Å². The first-order valence-corrected chi connectivity index (χ1v) is 6.36. The molecule has 5 heteroatoms. The molecule has 0 aromatic heterocycles. The van der Waals surface area contributed by atoms with Gasteiger partial charge in [-0.25, -0.2) is 0 Å². The Bertz CT molecular complexity index is 471. The number of ether oxygens (including phenoxy) is 2. The van der Waals surface area contributed by atoms with Crippen LogP contribution in [0.1, 0.15) is 19.4 Å². The molecule has 1 rings (SSSR count). The van der Waals surface area contributed by atoms with Gasteiger partial charge >= 0.3 is 5.97 Å². The van der Waals surface area contributed by atoms with Gasteiger partial charge in [0.05, 0.1) is 18.7 Å². The van der Waals surface area contributed by atoms with E-state index in [1.54, 1.807) is 25.1 Å². The number of carbonyl (C=O) groups is 2. The van der Waals surface area contributed by atoms with Crippen LogP contribution in [0.3, 0.4) is 0 Å². The molecule has 0 saturated heterocycles. The van der Waals surface area contributed by atoms with Gasteiger partial charge < -0.3 is 9.47 Å². The summed E-state index contributed by atoms with van der Waals surface area (Å²) in [6, 6.07) is 5.18. The fourth-order valence-electron chi connectivity index (χ4n) is 1.71. The minimum atomic E-state index is -0.788. The maximum absolute atomic E-state index is 11.7. The van der Waals surface area contributed by atoms with Crippen molar-refractivity contribution in [3.05, 3.63) is 28.8 Å². The van der Waals surface area contributed by atoms with Gasteiger partial charge in [-0.2, -0.15) is 0 Å². The number of ketones is 1. The Labute approximate surface area is 117 Å². The average molecular weight is 285 g/mol. The predicted molar refractivity (Wildman–Crippen MR) is 72.5 cm³/mol. The quantitative estimate of drug-likeness (QED) is 0.595. The molecule has 0 aliphatic carbocycles. The van der Waals surface area contributed by atoms with Crippen LogP contribution >= 0.6 is 11.6 Å². The van der Waals surface area contributed by atoms with Crippen molar-refractivity contribution in [1.82, 2.24) is 0 Å². The van der Waals surface area contributed by atoms with Gasteiger partial charge in [0.25, 0.3) is 0 Å². The largest absolute Gasteiger partial charge is 0.495 e. The summed E-state index contributed by atoms with van der Waals surface area (Å²) in [6.07, 6.45) is 0.276. The summed E-state index contributed by atoms with van der Waals surface area (Å²) in [6.45, 7) is 3.35. The van der Waals surface area contributed by atoms with Gasteiger partial charge in [0.1, 0.15) is 17.5 Å². The minimum absolute atomic E-state index is 0.217. The lowest BCUT2D eigenvalue weighted by Gasteiger charge is -2.13. The third-order valence-corrected chi connectivity index (χ3v) is 3.01. The van der Waals surface area contributed by atoms with E-state index in [9.17, 15) is 9.59 Å².